The molecule has 2 N–H and O–H groups in total. The van der Waals surface area contributed by atoms with Crippen molar-refractivity contribution in [2.24, 2.45) is 11.8 Å². The Morgan fingerprint density at radius 3 is 2.78 bits per heavy atom. The van der Waals surface area contributed by atoms with Gasteiger partial charge in [0.1, 0.15) is 11.9 Å². The molecule has 32 heavy (non-hydrogen) atoms. The van der Waals surface area contributed by atoms with Gasteiger partial charge in [0, 0.05) is 50.8 Å². The van der Waals surface area contributed by atoms with Crippen molar-refractivity contribution in [2.75, 3.05) is 22.6 Å². The van der Waals surface area contributed by atoms with Gasteiger partial charge in [0.2, 0.25) is 11.8 Å². The first-order chi connectivity index (χ1) is 14.6. The first kappa shape index (κ1) is 23.9. The second-order valence-electron chi connectivity index (χ2n) is 9.16. The monoisotopic (exact) mass is 448 g/mol. The van der Waals surface area contributed by atoms with E-state index in [1.807, 2.05) is 45.0 Å². The van der Waals surface area contributed by atoms with Gasteiger partial charge in [-0.05, 0) is 25.2 Å². The van der Waals surface area contributed by atoms with E-state index in [1.165, 1.54) is 0 Å². The molecule has 9 heteroatoms. The van der Waals surface area contributed by atoms with E-state index in [9.17, 15) is 13.6 Å². The quantitative estimate of drug-likeness (QED) is 0.671. The largest absolute Gasteiger partial charge is 0.366 e. The van der Waals surface area contributed by atoms with Crippen LogP contribution in [0.2, 0.25) is 0 Å². The zero-order valence-corrected chi connectivity index (χ0v) is 18.5. The molecule has 7 nitrogen and oxygen atoms in total. The van der Waals surface area contributed by atoms with Gasteiger partial charge >= 0.3 is 0 Å². The Balaban J connectivity index is 0.00000289. The van der Waals surface area contributed by atoms with Gasteiger partial charge < -0.3 is 15.5 Å². The number of pyridine rings is 1. The number of fused-ring (bicyclic) bond motifs is 1. The van der Waals surface area contributed by atoms with Crippen LogP contribution in [0, 0.1) is 18.8 Å². The van der Waals surface area contributed by atoms with E-state index in [2.05, 4.69) is 20.7 Å². The molecular formula is C23H34F2N6O. The molecule has 1 saturated carbocycles. The molecule has 2 aromatic rings. The fourth-order valence-corrected chi connectivity index (χ4v) is 4.70. The van der Waals surface area contributed by atoms with Crippen molar-refractivity contribution in [2.45, 2.75) is 72.5 Å². The van der Waals surface area contributed by atoms with Crippen molar-refractivity contribution in [3.63, 3.8) is 0 Å². The smallest absolute Gasteiger partial charge is 0.248 e. The van der Waals surface area contributed by atoms with Crippen LogP contribution in [0.4, 0.5) is 26.0 Å². The Morgan fingerprint density at radius 1 is 1.38 bits per heavy atom. The molecule has 1 amide bonds. The molecule has 1 aliphatic heterocycles. The lowest BCUT2D eigenvalue weighted by Gasteiger charge is -2.38. The Hall–Kier alpha value is -2.71. The van der Waals surface area contributed by atoms with E-state index in [1.54, 1.807) is 10.9 Å². The van der Waals surface area contributed by atoms with Gasteiger partial charge in [0.15, 0.2) is 0 Å². The summed E-state index contributed by atoms with van der Waals surface area (Å²) in [6, 6.07) is 1.71. The molecule has 2 atom stereocenters. The number of alkyl halides is 2. The summed E-state index contributed by atoms with van der Waals surface area (Å²) in [5, 5.41) is 10.7. The Bertz CT molecular complexity index is 973. The third kappa shape index (κ3) is 4.86. The summed E-state index contributed by atoms with van der Waals surface area (Å²) in [5.41, 5.74) is 3.39. The minimum atomic E-state index is -2.53. The topological polar surface area (TPSA) is 75.1 Å². The average molecular weight is 449 g/mol. The van der Waals surface area contributed by atoms with E-state index in [-0.39, 0.29) is 44.1 Å². The molecule has 0 spiro atoms. The number of amides is 1. The predicted octanol–water partition coefficient (Wildman–Crippen LogP) is 4.68. The maximum Gasteiger partial charge on any atom is 0.248 e. The van der Waals surface area contributed by atoms with Crippen LogP contribution in [0.5, 0.6) is 0 Å². The van der Waals surface area contributed by atoms with E-state index < -0.39 is 5.92 Å². The zero-order valence-electron chi connectivity index (χ0n) is 18.5. The first-order valence-corrected chi connectivity index (χ1v) is 10.8. The minimum absolute atomic E-state index is 0. The summed E-state index contributed by atoms with van der Waals surface area (Å²) in [6.45, 7) is 6.98. The normalized spacial score (nSPS) is 21.8. The van der Waals surface area contributed by atoms with Crippen LogP contribution in [0.3, 0.4) is 0 Å². The minimum Gasteiger partial charge on any atom is -0.366 e. The van der Waals surface area contributed by atoms with Crippen molar-refractivity contribution in [1.29, 1.82) is 0 Å². The average Bonchev–Trinajstić information content (AvgIpc) is 3.26. The highest BCUT2D eigenvalue weighted by atomic mass is 19.3. The molecule has 2 aromatic heterocycles. The van der Waals surface area contributed by atoms with Crippen LogP contribution >= 0.6 is 0 Å². The van der Waals surface area contributed by atoms with Crippen LogP contribution in [0.25, 0.3) is 0 Å². The van der Waals surface area contributed by atoms with Crippen LogP contribution in [0.1, 0.15) is 51.8 Å². The van der Waals surface area contributed by atoms with Gasteiger partial charge in [-0.2, -0.15) is 5.10 Å². The molecule has 4 rings (SSSR count). The lowest BCUT2D eigenvalue weighted by Crippen LogP contribution is -2.49. The third-order valence-electron chi connectivity index (χ3n) is 6.24. The molecule has 0 saturated heterocycles. The molecule has 0 radical (unpaired) electrons. The number of likely N-dealkylation sites (N-methyl/N-ethyl adjacent to an activating group) is 1. The molecule has 1 fully saturated rings. The Labute approximate surface area is 188 Å². The number of halogens is 2. The number of carbonyl (C=O) groups is 1. The number of nitrogens with one attached hydrogen (secondary N) is 2. The van der Waals surface area contributed by atoms with Crippen LogP contribution in [0.15, 0.2) is 18.5 Å². The highest BCUT2D eigenvalue weighted by molar-refractivity contribution is 6.04. The lowest BCUT2D eigenvalue weighted by atomic mass is 9.98. The van der Waals surface area contributed by atoms with E-state index >= 15 is 0 Å². The van der Waals surface area contributed by atoms with Crippen molar-refractivity contribution < 1.29 is 13.6 Å². The summed E-state index contributed by atoms with van der Waals surface area (Å²) >= 11 is 0. The van der Waals surface area contributed by atoms with Gasteiger partial charge in [-0.15, -0.1) is 0 Å². The number of carbonyl (C=O) groups excluding carboxylic acids is 1. The fraction of sp³-hybridized carbons (Fsp3) is 0.609. The van der Waals surface area contributed by atoms with Gasteiger partial charge in [0.05, 0.1) is 23.3 Å². The van der Waals surface area contributed by atoms with Gasteiger partial charge in [-0.1, -0.05) is 21.3 Å². The Kier molecular flexibility index (Phi) is 6.76. The van der Waals surface area contributed by atoms with E-state index in [4.69, 9.17) is 0 Å². The number of hydrogen-bond acceptors (Lipinski definition) is 5. The van der Waals surface area contributed by atoms with Crippen molar-refractivity contribution in [1.82, 2.24) is 14.8 Å². The summed E-state index contributed by atoms with van der Waals surface area (Å²) in [7, 11) is 1.93. The molecular weight excluding hydrogens is 414 g/mol. The zero-order chi connectivity index (χ0) is 22.3. The predicted molar refractivity (Wildman–Crippen MR) is 123 cm³/mol. The van der Waals surface area contributed by atoms with Gasteiger partial charge in [-0.3, -0.25) is 9.48 Å². The number of aryl methyl sites for hydroxylation is 1. The van der Waals surface area contributed by atoms with Crippen LogP contribution in [-0.2, 0) is 17.9 Å². The van der Waals surface area contributed by atoms with Crippen LogP contribution < -0.4 is 15.5 Å². The van der Waals surface area contributed by atoms with Crippen LogP contribution in [-0.4, -0.2) is 39.7 Å². The summed E-state index contributed by atoms with van der Waals surface area (Å²) in [5.74, 6) is -1.68. The number of rotatable bonds is 6. The van der Waals surface area contributed by atoms with Crippen molar-refractivity contribution in [3.05, 3.63) is 29.7 Å². The highest BCUT2D eigenvalue weighted by Crippen LogP contribution is 2.39. The summed E-state index contributed by atoms with van der Waals surface area (Å²) in [6.07, 6.45) is 4.12. The molecule has 0 unspecified atom stereocenters. The summed E-state index contributed by atoms with van der Waals surface area (Å²) in [4.78, 5) is 19.1. The maximum atomic E-state index is 13.4. The number of nitrogens with zero attached hydrogens (tertiary/aromatic N) is 4. The highest BCUT2D eigenvalue weighted by Gasteiger charge is 2.39. The fourth-order valence-electron chi connectivity index (χ4n) is 4.70. The maximum absolute atomic E-state index is 13.4. The first-order valence-electron chi connectivity index (χ1n) is 10.8. The van der Waals surface area contributed by atoms with E-state index in [0.29, 0.717) is 25.3 Å². The van der Waals surface area contributed by atoms with Gasteiger partial charge in [0.25, 0.3) is 0 Å². The number of hydrogen-bond donors (Lipinski definition) is 2. The summed E-state index contributed by atoms with van der Waals surface area (Å²) < 4.78 is 28.6. The standard InChI is InChI=1S/C22H30F2N6O.CH4/c1-13(2)20-21(31)28-19-14(3)27-18(7-17(19)29(20)4)25-9-16-10-26-30(12-16)11-15-5-6-22(23,24)8-15;/h7,10,12-13,15,20H,5-6,8-9,11H2,1-4H3,(H,25,27)(H,28,31);1H4/t15-,20+;/m1./s1. The van der Waals surface area contributed by atoms with Gasteiger partial charge in [-0.25, -0.2) is 13.8 Å². The lowest BCUT2D eigenvalue weighted by molar-refractivity contribution is -0.118. The molecule has 176 valence electrons. The second kappa shape index (κ2) is 9.03. The van der Waals surface area contributed by atoms with E-state index in [0.717, 1.165) is 22.6 Å². The molecule has 2 aliphatic rings. The number of anilines is 3. The SMILES string of the molecule is C.Cc1nc(NCc2cnn(C[C@@H]3CCC(F)(F)C3)c2)cc2c1NC(=O)[C@H](C(C)C)N2C. The third-order valence-corrected chi connectivity index (χ3v) is 6.24. The Morgan fingerprint density at radius 2 is 2.12 bits per heavy atom. The molecule has 3 heterocycles. The second-order valence-corrected chi connectivity index (χ2v) is 9.16. The molecule has 1 aliphatic carbocycles. The molecule has 0 bridgehead atoms. The number of aromatic nitrogens is 3. The van der Waals surface area contributed by atoms with Crippen molar-refractivity contribution >= 4 is 23.1 Å². The molecule has 0 aromatic carbocycles. The van der Waals surface area contributed by atoms with Crippen molar-refractivity contribution in [3.8, 4) is 0 Å².